The van der Waals surface area contributed by atoms with Crippen LogP contribution in [0.25, 0.3) is 0 Å². The number of aliphatic hydroxyl groups excluding tert-OH is 1. The van der Waals surface area contributed by atoms with Crippen molar-refractivity contribution >= 4 is 5.69 Å². The summed E-state index contributed by atoms with van der Waals surface area (Å²) in [5.41, 5.74) is -0.536. The summed E-state index contributed by atoms with van der Waals surface area (Å²) in [5.74, 6) is -0.236. The largest absolute Gasteiger partial charge is 0.416 e. The summed E-state index contributed by atoms with van der Waals surface area (Å²) >= 11 is 0. The van der Waals surface area contributed by atoms with Crippen molar-refractivity contribution in [3.63, 3.8) is 0 Å². The van der Waals surface area contributed by atoms with Crippen LogP contribution < -0.4 is 4.90 Å². The molecule has 1 heterocycles. The Morgan fingerprint density at radius 3 is 2.57 bits per heavy atom. The van der Waals surface area contributed by atoms with Crippen molar-refractivity contribution in [3.05, 3.63) is 29.3 Å². The first-order valence-electron chi connectivity index (χ1n) is 7.07. The van der Waals surface area contributed by atoms with Crippen molar-refractivity contribution in [1.82, 2.24) is 0 Å². The molecule has 124 valence electrons. The van der Waals surface area contributed by atoms with E-state index in [0.29, 0.717) is 6.42 Å². The van der Waals surface area contributed by atoms with Crippen molar-refractivity contribution in [2.24, 2.45) is 11.8 Å². The molecular weight excluding hydrogens is 319 g/mol. The highest BCUT2D eigenvalue weighted by Gasteiger charge is 2.60. The Labute approximate surface area is 128 Å². The van der Waals surface area contributed by atoms with Crippen LogP contribution in [0.5, 0.6) is 0 Å². The number of hydrogen-bond acceptors (Lipinski definition) is 3. The smallest absolute Gasteiger partial charge is 0.382 e. The second kappa shape index (κ2) is 5.34. The maximum absolute atomic E-state index is 13.0. The summed E-state index contributed by atoms with van der Waals surface area (Å²) in [5, 5.41) is 18.5. The quantitative estimate of drug-likeness (QED) is 0.865. The number of piperidine rings is 1. The lowest BCUT2D eigenvalue weighted by atomic mass is 10.0. The van der Waals surface area contributed by atoms with Gasteiger partial charge >= 0.3 is 6.18 Å². The summed E-state index contributed by atoms with van der Waals surface area (Å²) in [7, 11) is 0. The van der Waals surface area contributed by atoms with Crippen molar-refractivity contribution in [1.29, 1.82) is 5.26 Å². The third-order valence-corrected chi connectivity index (χ3v) is 4.59. The van der Waals surface area contributed by atoms with Gasteiger partial charge in [-0.05, 0) is 36.5 Å². The maximum atomic E-state index is 13.0. The fraction of sp³-hybridized carbons (Fsp3) is 0.533. The molecule has 1 saturated heterocycles. The Balaban J connectivity index is 1.95. The first-order valence-corrected chi connectivity index (χ1v) is 7.07. The van der Waals surface area contributed by atoms with Crippen molar-refractivity contribution in [3.8, 4) is 6.07 Å². The SMILES string of the molecule is N#Cc1ccc(N2C[C@@H]3CC3[C@@H]2[C@H](O)C(F)(F)F)cc1C(F)F. The topological polar surface area (TPSA) is 47.3 Å². The van der Waals surface area contributed by atoms with E-state index in [1.807, 2.05) is 0 Å². The average molecular weight is 332 g/mol. The van der Waals surface area contributed by atoms with E-state index in [1.54, 1.807) is 6.07 Å². The van der Waals surface area contributed by atoms with Gasteiger partial charge in [0.05, 0.1) is 17.7 Å². The summed E-state index contributed by atoms with van der Waals surface area (Å²) in [6, 6.07) is 4.05. The highest BCUT2D eigenvalue weighted by atomic mass is 19.4. The number of aliphatic hydroxyl groups is 1. The Morgan fingerprint density at radius 2 is 2.00 bits per heavy atom. The molecule has 1 aromatic rings. The minimum atomic E-state index is -4.77. The zero-order valence-electron chi connectivity index (χ0n) is 11.8. The van der Waals surface area contributed by atoms with Crippen LogP contribution in [0.1, 0.15) is 24.0 Å². The third kappa shape index (κ3) is 2.74. The maximum Gasteiger partial charge on any atom is 0.416 e. The van der Waals surface area contributed by atoms with Gasteiger partial charge in [0.15, 0.2) is 6.10 Å². The lowest BCUT2D eigenvalue weighted by Crippen LogP contribution is -2.49. The number of hydrogen-bond donors (Lipinski definition) is 1. The molecule has 0 aromatic heterocycles. The van der Waals surface area contributed by atoms with Crippen molar-refractivity contribution in [2.75, 3.05) is 11.4 Å². The molecule has 1 N–H and O–H groups in total. The van der Waals surface area contributed by atoms with Crippen LogP contribution in [-0.2, 0) is 0 Å². The zero-order chi connectivity index (χ0) is 16.9. The predicted molar refractivity (Wildman–Crippen MR) is 70.9 cm³/mol. The molecule has 3 rings (SSSR count). The lowest BCUT2D eigenvalue weighted by molar-refractivity contribution is -0.210. The molecule has 1 aliphatic carbocycles. The molecule has 3 nitrogen and oxygen atoms in total. The van der Waals surface area contributed by atoms with Gasteiger partial charge in [0, 0.05) is 17.8 Å². The van der Waals surface area contributed by atoms with Gasteiger partial charge in [-0.2, -0.15) is 18.4 Å². The third-order valence-electron chi connectivity index (χ3n) is 4.59. The number of halogens is 5. The Hall–Kier alpha value is -1.88. The van der Waals surface area contributed by atoms with E-state index in [9.17, 15) is 27.1 Å². The molecule has 8 heteroatoms. The van der Waals surface area contributed by atoms with Crippen LogP contribution in [0.4, 0.5) is 27.6 Å². The van der Waals surface area contributed by atoms with E-state index in [1.165, 1.54) is 17.0 Å². The number of anilines is 1. The molecule has 0 amide bonds. The van der Waals surface area contributed by atoms with Crippen LogP contribution in [0.15, 0.2) is 18.2 Å². The van der Waals surface area contributed by atoms with Crippen LogP contribution in [0, 0.1) is 23.2 Å². The van der Waals surface area contributed by atoms with Crippen LogP contribution in [0.2, 0.25) is 0 Å². The Bertz CT molecular complexity index is 654. The van der Waals surface area contributed by atoms with Gasteiger partial charge in [-0.3, -0.25) is 0 Å². The number of nitrogens with zero attached hydrogens (tertiary/aromatic N) is 2. The molecule has 1 unspecified atom stereocenters. The number of nitriles is 1. The molecule has 0 bridgehead atoms. The average Bonchev–Trinajstić information content (AvgIpc) is 3.15. The highest BCUT2D eigenvalue weighted by Crippen LogP contribution is 2.53. The molecule has 4 atom stereocenters. The first-order chi connectivity index (χ1) is 10.7. The van der Waals surface area contributed by atoms with Gasteiger partial charge in [0.1, 0.15) is 0 Å². The van der Waals surface area contributed by atoms with E-state index in [0.717, 1.165) is 6.07 Å². The molecule has 1 aliphatic heterocycles. The predicted octanol–water partition coefficient (Wildman–Crippen LogP) is 3.24. The molecule has 0 radical (unpaired) electrons. The van der Waals surface area contributed by atoms with Crippen molar-refractivity contribution < 1.29 is 27.1 Å². The van der Waals surface area contributed by atoms with E-state index in [4.69, 9.17) is 5.26 Å². The fourth-order valence-electron chi connectivity index (χ4n) is 3.39. The monoisotopic (exact) mass is 332 g/mol. The number of rotatable bonds is 3. The number of alkyl halides is 5. The van der Waals surface area contributed by atoms with Gasteiger partial charge in [0.25, 0.3) is 6.43 Å². The van der Waals surface area contributed by atoms with Gasteiger partial charge in [0.2, 0.25) is 0 Å². The van der Waals surface area contributed by atoms with E-state index >= 15 is 0 Å². The first kappa shape index (κ1) is 16.0. The van der Waals surface area contributed by atoms with Crippen LogP contribution in [-0.4, -0.2) is 30.0 Å². The van der Waals surface area contributed by atoms with Gasteiger partial charge < -0.3 is 10.0 Å². The Kier molecular flexibility index (Phi) is 3.71. The lowest BCUT2D eigenvalue weighted by Gasteiger charge is -2.34. The fourth-order valence-corrected chi connectivity index (χ4v) is 3.39. The Morgan fingerprint density at radius 1 is 1.30 bits per heavy atom. The van der Waals surface area contributed by atoms with Gasteiger partial charge in [-0.1, -0.05) is 0 Å². The molecule has 2 aliphatic rings. The van der Waals surface area contributed by atoms with Crippen LogP contribution >= 0.6 is 0 Å². The normalized spacial score (nSPS) is 27.7. The molecule has 2 fully saturated rings. The highest BCUT2D eigenvalue weighted by molar-refractivity contribution is 5.57. The van der Waals surface area contributed by atoms with E-state index < -0.39 is 30.3 Å². The minimum Gasteiger partial charge on any atom is -0.382 e. The van der Waals surface area contributed by atoms with Gasteiger partial charge in [-0.25, -0.2) is 8.78 Å². The van der Waals surface area contributed by atoms with Crippen LogP contribution in [0.3, 0.4) is 0 Å². The van der Waals surface area contributed by atoms with Gasteiger partial charge in [-0.15, -0.1) is 0 Å². The second-order valence-electron chi connectivity index (χ2n) is 5.97. The zero-order valence-corrected chi connectivity index (χ0v) is 11.8. The van der Waals surface area contributed by atoms with E-state index in [2.05, 4.69) is 0 Å². The van der Waals surface area contributed by atoms with Crippen molar-refractivity contribution in [2.45, 2.75) is 31.2 Å². The summed E-state index contributed by atoms with van der Waals surface area (Å²) in [6.45, 7) is 0.289. The minimum absolute atomic E-state index is 0.0441. The summed E-state index contributed by atoms with van der Waals surface area (Å²) in [4.78, 5) is 1.34. The van der Waals surface area contributed by atoms with E-state index in [-0.39, 0.29) is 29.6 Å². The second-order valence-corrected chi connectivity index (χ2v) is 5.97. The number of benzene rings is 1. The molecule has 0 spiro atoms. The number of fused-ring (bicyclic) bond motifs is 1. The summed E-state index contributed by atoms with van der Waals surface area (Å²) in [6.07, 6.45) is -9.58. The standard InChI is InChI=1S/C15H13F5N2O/c16-14(17)11-4-9(2-1-7(11)5-21)22-6-8-3-10(8)12(22)13(23)15(18,19)20/h1-2,4,8,10,12-14,23H,3,6H2/t8-,10?,12+,13-/m0/s1. The summed E-state index contributed by atoms with van der Waals surface area (Å²) < 4.78 is 64.6. The molecular formula is C15H13F5N2O. The molecule has 1 aromatic carbocycles. The molecule has 23 heavy (non-hydrogen) atoms. The molecule has 1 saturated carbocycles.